The molecular weight excluding hydrogens is 293 g/mol. The lowest BCUT2D eigenvalue weighted by molar-refractivity contribution is 0.0754. The fourth-order valence-electron chi connectivity index (χ4n) is 3.07. The molecular formula is C19H22FNO2. The molecule has 0 saturated carbocycles. The Bertz CT molecular complexity index is 603. The first-order chi connectivity index (χ1) is 11.2. The van der Waals surface area contributed by atoms with Gasteiger partial charge in [0, 0.05) is 13.1 Å². The average molecular weight is 315 g/mol. The summed E-state index contributed by atoms with van der Waals surface area (Å²) in [7, 11) is 0. The molecule has 3 nitrogen and oxygen atoms in total. The summed E-state index contributed by atoms with van der Waals surface area (Å²) in [5.41, 5.74) is 1.37. The van der Waals surface area contributed by atoms with E-state index >= 15 is 0 Å². The molecule has 0 amide bonds. The maximum atomic E-state index is 12.8. The predicted molar refractivity (Wildman–Crippen MR) is 88.1 cm³/mol. The van der Waals surface area contributed by atoms with Crippen LogP contribution in [0.2, 0.25) is 0 Å². The number of hydrogen-bond acceptors (Lipinski definition) is 3. The minimum Gasteiger partial charge on any atom is -0.491 e. The summed E-state index contributed by atoms with van der Waals surface area (Å²) in [6, 6.07) is 16.4. The first kappa shape index (κ1) is 16.0. The van der Waals surface area contributed by atoms with Gasteiger partial charge in [0.05, 0.1) is 0 Å². The SMILES string of the molecule is O[C@@H](COc1ccc(F)cc1)CN1CC[C@H](c2ccccc2)C1. The molecule has 1 heterocycles. The number of aliphatic hydroxyl groups is 1. The highest BCUT2D eigenvalue weighted by molar-refractivity contribution is 5.22. The molecule has 2 atom stereocenters. The smallest absolute Gasteiger partial charge is 0.123 e. The van der Waals surface area contributed by atoms with E-state index < -0.39 is 6.10 Å². The van der Waals surface area contributed by atoms with E-state index in [0.717, 1.165) is 19.5 Å². The Balaban J connectivity index is 1.44. The van der Waals surface area contributed by atoms with Crippen molar-refractivity contribution in [3.63, 3.8) is 0 Å². The Labute approximate surface area is 136 Å². The molecule has 0 bridgehead atoms. The van der Waals surface area contributed by atoms with Crippen LogP contribution in [0.4, 0.5) is 4.39 Å². The van der Waals surface area contributed by atoms with Crippen molar-refractivity contribution in [2.24, 2.45) is 0 Å². The lowest BCUT2D eigenvalue weighted by Gasteiger charge is -2.20. The van der Waals surface area contributed by atoms with Crippen molar-refractivity contribution in [3.05, 3.63) is 66.0 Å². The van der Waals surface area contributed by atoms with Crippen LogP contribution in [0, 0.1) is 5.82 Å². The summed E-state index contributed by atoms with van der Waals surface area (Å²) < 4.78 is 18.3. The summed E-state index contributed by atoms with van der Waals surface area (Å²) in [6.07, 6.45) is 0.574. The van der Waals surface area contributed by atoms with Crippen LogP contribution >= 0.6 is 0 Å². The summed E-state index contributed by atoms with van der Waals surface area (Å²) in [6.45, 7) is 2.79. The van der Waals surface area contributed by atoms with Crippen LogP contribution in [-0.2, 0) is 0 Å². The van der Waals surface area contributed by atoms with Gasteiger partial charge in [-0.1, -0.05) is 30.3 Å². The Kier molecular flexibility index (Phi) is 5.26. The van der Waals surface area contributed by atoms with E-state index in [2.05, 4.69) is 29.2 Å². The van der Waals surface area contributed by atoms with Crippen LogP contribution in [0.5, 0.6) is 5.75 Å². The molecule has 1 N–H and O–H groups in total. The molecule has 4 heteroatoms. The normalized spacial score (nSPS) is 19.7. The van der Waals surface area contributed by atoms with Crippen molar-refractivity contribution >= 4 is 0 Å². The molecule has 2 aromatic rings. The quantitative estimate of drug-likeness (QED) is 0.889. The second-order valence-electron chi connectivity index (χ2n) is 6.07. The molecule has 1 aliphatic heterocycles. The summed E-state index contributed by atoms with van der Waals surface area (Å²) >= 11 is 0. The number of nitrogens with zero attached hydrogens (tertiary/aromatic N) is 1. The van der Waals surface area contributed by atoms with Crippen LogP contribution in [-0.4, -0.2) is 42.4 Å². The van der Waals surface area contributed by atoms with Gasteiger partial charge in [-0.3, -0.25) is 0 Å². The van der Waals surface area contributed by atoms with Gasteiger partial charge in [0.15, 0.2) is 0 Å². The zero-order chi connectivity index (χ0) is 16.1. The number of benzene rings is 2. The lowest BCUT2D eigenvalue weighted by atomic mass is 9.99. The van der Waals surface area contributed by atoms with Crippen LogP contribution in [0.25, 0.3) is 0 Å². The van der Waals surface area contributed by atoms with Crippen LogP contribution < -0.4 is 4.74 Å². The lowest BCUT2D eigenvalue weighted by Crippen LogP contribution is -2.34. The fourth-order valence-corrected chi connectivity index (χ4v) is 3.07. The maximum absolute atomic E-state index is 12.8. The number of β-amino-alcohol motifs (C(OH)–C–C–N with tert-alkyl or cyclic N) is 1. The van der Waals surface area contributed by atoms with Gasteiger partial charge >= 0.3 is 0 Å². The third kappa shape index (κ3) is 4.53. The number of ether oxygens (including phenoxy) is 1. The Morgan fingerprint density at radius 3 is 2.61 bits per heavy atom. The molecule has 0 unspecified atom stereocenters. The Hall–Kier alpha value is -1.91. The maximum Gasteiger partial charge on any atom is 0.123 e. The van der Waals surface area contributed by atoms with Crippen molar-refractivity contribution < 1.29 is 14.2 Å². The zero-order valence-corrected chi connectivity index (χ0v) is 13.1. The third-order valence-corrected chi connectivity index (χ3v) is 4.27. The van der Waals surface area contributed by atoms with E-state index in [1.165, 1.54) is 17.7 Å². The number of rotatable bonds is 6. The summed E-state index contributed by atoms with van der Waals surface area (Å²) in [5.74, 6) is 0.831. The molecule has 0 aromatic heterocycles. The van der Waals surface area contributed by atoms with Gasteiger partial charge in [0.25, 0.3) is 0 Å². The molecule has 0 spiro atoms. The standard InChI is InChI=1S/C19H22FNO2/c20-17-6-8-19(9-7-17)23-14-18(22)13-21-11-10-16(12-21)15-4-2-1-3-5-15/h1-9,16,18,22H,10-14H2/t16-,18+/m0/s1. The first-order valence-corrected chi connectivity index (χ1v) is 8.04. The zero-order valence-electron chi connectivity index (χ0n) is 13.1. The molecule has 0 aliphatic carbocycles. The highest BCUT2D eigenvalue weighted by atomic mass is 19.1. The number of hydrogen-bond donors (Lipinski definition) is 1. The van der Waals surface area contributed by atoms with E-state index in [-0.39, 0.29) is 12.4 Å². The van der Waals surface area contributed by atoms with Crippen molar-refractivity contribution in [1.29, 1.82) is 0 Å². The minimum absolute atomic E-state index is 0.220. The number of halogens is 1. The van der Waals surface area contributed by atoms with E-state index in [1.54, 1.807) is 12.1 Å². The van der Waals surface area contributed by atoms with E-state index in [0.29, 0.717) is 18.2 Å². The van der Waals surface area contributed by atoms with Crippen LogP contribution in [0.15, 0.2) is 54.6 Å². The highest BCUT2D eigenvalue weighted by Crippen LogP contribution is 2.26. The molecule has 1 fully saturated rings. The van der Waals surface area contributed by atoms with E-state index in [9.17, 15) is 9.50 Å². The molecule has 23 heavy (non-hydrogen) atoms. The van der Waals surface area contributed by atoms with E-state index in [4.69, 9.17) is 4.74 Å². The van der Waals surface area contributed by atoms with Crippen molar-refractivity contribution in [2.45, 2.75) is 18.4 Å². The molecule has 1 saturated heterocycles. The topological polar surface area (TPSA) is 32.7 Å². The minimum atomic E-state index is -0.547. The van der Waals surface area contributed by atoms with Gasteiger partial charge < -0.3 is 14.7 Å². The molecule has 2 aromatic carbocycles. The van der Waals surface area contributed by atoms with Gasteiger partial charge in [-0.05, 0) is 48.7 Å². The highest BCUT2D eigenvalue weighted by Gasteiger charge is 2.25. The van der Waals surface area contributed by atoms with Crippen LogP contribution in [0.1, 0.15) is 17.9 Å². The number of likely N-dealkylation sites (tertiary alicyclic amines) is 1. The van der Waals surface area contributed by atoms with Gasteiger partial charge in [-0.25, -0.2) is 4.39 Å². The third-order valence-electron chi connectivity index (χ3n) is 4.27. The largest absolute Gasteiger partial charge is 0.491 e. The summed E-state index contributed by atoms with van der Waals surface area (Å²) in [4.78, 5) is 2.27. The van der Waals surface area contributed by atoms with Crippen molar-refractivity contribution in [1.82, 2.24) is 4.90 Å². The Morgan fingerprint density at radius 1 is 1.13 bits per heavy atom. The van der Waals surface area contributed by atoms with Gasteiger partial charge in [0.1, 0.15) is 24.3 Å². The molecule has 1 aliphatic rings. The number of aliphatic hydroxyl groups excluding tert-OH is 1. The predicted octanol–water partition coefficient (Wildman–Crippen LogP) is 3.05. The van der Waals surface area contributed by atoms with E-state index in [1.807, 2.05) is 6.07 Å². The van der Waals surface area contributed by atoms with Gasteiger partial charge in [-0.2, -0.15) is 0 Å². The molecule has 0 radical (unpaired) electrons. The van der Waals surface area contributed by atoms with Crippen LogP contribution in [0.3, 0.4) is 0 Å². The second-order valence-corrected chi connectivity index (χ2v) is 6.07. The first-order valence-electron chi connectivity index (χ1n) is 8.04. The monoisotopic (exact) mass is 315 g/mol. The van der Waals surface area contributed by atoms with Gasteiger partial charge in [0.2, 0.25) is 0 Å². The molecule has 122 valence electrons. The Morgan fingerprint density at radius 2 is 1.87 bits per heavy atom. The summed E-state index contributed by atoms with van der Waals surface area (Å²) in [5, 5.41) is 10.1. The molecule has 3 rings (SSSR count). The fraction of sp³-hybridized carbons (Fsp3) is 0.368. The van der Waals surface area contributed by atoms with Crippen molar-refractivity contribution in [3.8, 4) is 5.75 Å². The van der Waals surface area contributed by atoms with Crippen molar-refractivity contribution in [2.75, 3.05) is 26.2 Å². The second kappa shape index (κ2) is 7.57. The van der Waals surface area contributed by atoms with Gasteiger partial charge in [-0.15, -0.1) is 0 Å². The average Bonchev–Trinajstić information content (AvgIpc) is 3.04.